The fourth-order valence-corrected chi connectivity index (χ4v) is 4.67. The highest BCUT2D eigenvalue weighted by Gasteiger charge is 2.33. The van der Waals surface area contributed by atoms with Gasteiger partial charge in [0.2, 0.25) is 16.1 Å². The van der Waals surface area contributed by atoms with Gasteiger partial charge < -0.3 is 10.1 Å². The van der Waals surface area contributed by atoms with Crippen LogP contribution in [0.1, 0.15) is 35.6 Å². The van der Waals surface area contributed by atoms with Crippen molar-refractivity contribution in [3.05, 3.63) is 65.2 Å². The lowest BCUT2D eigenvalue weighted by Crippen LogP contribution is -2.40. The highest BCUT2D eigenvalue weighted by atomic mass is 32.2. The Morgan fingerprint density at radius 1 is 1.03 bits per heavy atom. The van der Waals surface area contributed by atoms with Crippen LogP contribution in [-0.2, 0) is 24.3 Å². The Morgan fingerprint density at radius 3 is 2.16 bits per heavy atom. The number of rotatable bonds is 6. The quantitative estimate of drug-likeness (QED) is 0.691. The zero-order chi connectivity index (χ0) is 22.6. The molecule has 2 aromatic carbocycles. The van der Waals surface area contributed by atoms with E-state index in [2.05, 4.69) is 5.32 Å². The highest BCUT2D eigenvalue weighted by molar-refractivity contribution is 7.88. The Balaban J connectivity index is 1.74. The van der Waals surface area contributed by atoms with E-state index in [1.165, 1.54) is 4.31 Å². The van der Waals surface area contributed by atoms with Crippen LogP contribution in [0.5, 0.6) is 0 Å². The minimum absolute atomic E-state index is 0.267. The lowest BCUT2D eigenvalue weighted by molar-refractivity contribution is -0.160. The lowest BCUT2D eigenvalue weighted by Gasteiger charge is -2.30. The molecule has 8 heteroatoms. The second-order valence-corrected chi connectivity index (χ2v) is 10.0. The first kappa shape index (κ1) is 23.0. The van der Waals surface area contributed by atoms with Gasteiger partial charge in [0, 0.05) is 24.3 Å². The molecule has 0 saturated carbocycles. The second-order valence-electron chi connectivity index (χ2n) is 8.03. The van der Waals surface area contributed by atoms with Crippen LogP contribution in [0.25, 0.3) is 0 Å². The summed E-state index contributed by atoms with van der Waals surface area (Å²) >= 11 is 0. The number of esters is 1. The molecule has 1 N–H and O–H groups in total. The van der Waals surface area contributed by atoms with E-state index in [4.69, 9.17) is 4.74 Å². The van der Waals surface area contributed by atoms with E-state index in [0.717, 1.165) is 17.4 Å². The number of carbonyl (C=O) groups excluding carboxylic acids is 2. The molecule has 1 heterocycles. The first-order valence-electron chi connectivity index (χ1n) is 10.2. The summed E-state index contributed by atoms with van der Waals surface area (Å²) in [6.07, 6.45) is 0.801. The predicted octanol–water partition coefficient (Wildman–Crippen LogP) is 3.20. The van der Waals surface area contributed by atoms with Crippen LogP contribution in [0, 0.1) is 19.8 Å². The number of sulfonamides is 1. The third kappa shape index (κ3) is 6.15. The molecule has 31 heavy (non-hydrogen) atoms. The van der Waals surface area contributed by atoms with Crippen LogP contribution in [0.2, 0.25) is 0 Å². The van der Waals surface area contributed by atoms with E-state index >= 15 is 0 Å². The Hall–Kier alpha value is -2.71. The largest absolute Gasteiger partial charge is 0.447 e. The summed E-state index contributed by atoms with van der Waals surface area (Å²) in [5, 5.41) is 2.85. The Kier molecular flexibility index (Phi) is 7.12. The third-order valence-electron chi connectivity index (χ3n) is 5.32. The number of piperidine rings is 1. The fourth-order valence-electron chi connectivity index (χ4n) is 3.79. The molecule has 0 aliphatic carbocycles. The molecule has 7 nitrogen and oxygen atoms in total. The molecular weight excluding hydrogens is 416 g/mol. The average molecular weight is 445 g/mol. The predicted molar refractivity (Wildman–Crippen MR) is 119 cm³/mol. The number of nitrogens with zero attached hydrogens (tertiary/aromatic N) is 1. The number of benzene rings is 2. The molecule has 1 fully saturated rings. The molecule has 1 atom stereocenters. The minimum Gasteiger partial charge on any atom is -0.447 e. The third-order valence-corrected chi connectivity index (χ3v) is 6.62. The van der Waals surface area contributed by atoms with E-state index in [1.807, 2.05) is 38.1 Å². The topological polar surface area (TPSA) is 92.8 Å². The number of amides is 1. The highest BCUT2D eigenvalue weighted by Crippen LogP contribution is 2.26. The number of nitrogens with one attached hydrogen (secondary N) is 1. The van der Waals surface area contributed by atoms with Gasteiger partial charge >= 0.3 is 5.97 Å². The van der Waals surface area contributed by atoms with Crippen LogP contribution >= 0.6 is 0 Å². The second kappa shape index (κ2) is 9.62. The SMILES string of the molecule is Cc1cc(C)cc(NC(=O)[C@@H](OC(=O)C2CCN(S(C)(=O)=O)CC2)c2ccccc2)c1. The number of carbonyl (C=O) groups is 2. The van der Waals surface area contributed by atoms with Crippen molar-refractivity contribution >= 4 is 27.6 Å². The van der Waals surface area contributed by atoms with Crippen molar-refractivity contribution in [3.8, 4) is 0 Å². The van der Waals surface area contributed by atoms with Gasteiger partial charge in [-0.2, -0.15) is 0 Å². The number of ether oxygens (including phenoxy) is 1. The maximum atomic E-state index is 13.1. The standard InChI is InChI=1S/C23H28N2O5S/c1-16-13-17(2)15-20(14-16)24-22(26)21(18-7-5-4-6-8-18)30-23(27)19-9-11-25(12-10-19)31(3,28)29/h4-8,13-15,19,21H,9-12H2,1-3H3,(H,24,26)/t21-/m0/s1. The molecular formula is C23H28N2O5S. The molecule has 3 rings (SSSR count). The van der Waals surface area contributed by atoms with Crippen molar-refractivity contribution in [2.45, 2.75) is 32.8 Å². The molecule has 2 aromatic rings. The summed E-state index contributed by atoms with van der Waals surface area (Å²) in [6, 6.07) is 14.6. The number of aryl methyl sites for hydroxylation is 2. The Bertz CT molecular complexity index is 1020. The van der Waals surface area contributed by atoms with Crippen molar-refractivity contribution in [1.29, 1.82) is 0 Å². The van der Waals surface area contributed by atoms with Crippen molar-refractivity contribution in [2.75, 3.05) is 24.7 Å². The molecule has 0 spiro atoms. The number of hydrogen-bond donors (Lipinski definition) is 1. The molecule has 0 bridgehead atoms. The smallest absolute Gasteiger partial charge is 0.310 e. The molecule has 0 aromatic heterocycles. The molecule has 1 amide bonds. The Morgan fingerprint density at radius 2 is 1.61 bits per heavy atom. The molecule has 166 valence electrons. The Labute approximate surface area is 183 Å². The molecule has 1 saturated heterocycles. The van der Waals surface area contributed by atoms with Crippen LogP contribution in [0.4, 0.5) is 5.69 Å². The van der Waals surface area contributed by atoms with Crippen molar-refractivity contribution in [2.24, 2.45) is 5.92 Å². The van der Waals surface area contributed by atoms with Crippen LogP contribution in [-0.4, -0.2) is 43.9 Å². The maximum Gasteiger partial charge on any atom is 0.310 e. The van der Waals surface area contributed by atoms with Gasteiger partial charge in [-0.25, -0.2) is 12.7 Å². The van der Waals surface area contributed by atoms with Crippen molar-refractivity contribution in [3.63, 3.8) is 0 Å². The summed E-state index contributed by atoms with van der Waals surface area (Å²) < 4.78 is 30.4. The van der Waals surface area contributed by atoms with Gasteiger partial charge in [-0.15, -0.1) is 0 Å². The molecule has 1 aliphatic heterocycles. The van der Waals surface area contributed by atoms with Crippen molar-refractivity contribution in [1.82, 2.24) is 4.31 Å². The maximum absolute atomic E-state index is 13.1. The molecule has 0 radical (unpaired) electrons. The first-order valence-corrected chi connectivity index (χ1v) is 12.1. The van der Waals surface area contributed by atoms with E-state index in [1.54, 1.807) is 24.3 Å². The monoisotopic (exact) mass is 444 g/mol. The van der Waals surface area contributed by atoms with Crippen LogP contribution in [0.15, 0.2) is 48.5 Å². The summed E-state index contributed by atoms with van der Waals surface area (Å²) in [6.45, 7) is 4.42. The van der Waals surface area contributed by atoms with Gasteiger partial charge in [0.15, 0.2) is 0 Å². The summed E-state index contributed by atoms with van der Waals surface area (Å²) in [7, 11) is -3.28. The van der Waals surface area contributed by atoms with Gasteiger partial charge in [-0.05, 0) is 49.9 Å². The van der Waals surface area contributed by atoms with Gasteiger partial charge in [0.05, 0.1) is 12.2 Å². The van der Waals surface area contributed by atoms with Gasteiger partial charge in [-0.3, -0.25) is 9.59 Å². The zero-order valence-corrected chi connectivity index (χ0v) is 18.8. The van der Waals surface area contributed by atoms with E-state index in [-0.39, 0.29) is 13.1 Å². The van der Waals surface area contributed by atoms with Gasteiger partial charge in [0.25, 0.3) is 5.91 Å². The normalized spacial score (nSPS) is 16.5. The first-order chi connectivity index (χ1) is 14.6. The van der Waals surface area contributed by atoms with E-state index in [9.17, 15) is 18.0 Å². The van der Waals surface area contributed by atoms with Gasteiger partial charge in [-0.1, -0.05) is 36.4 Å². The van der Waals surface area contributed by atoms with E-state index in [0.29, 0.717) is 24.1 Å². The van der Waals surface area contributed by atoms with E-state index < -0.39 is 33.9 Å². The van der Waals surface area contributed by atoms with Crippen LogP contribution in [0.3, 0.4) is 0 Å². The number of anilines is 1. The minimum atomic E-state index is -3.28. The summed E-state index contributed by atoms with van der Waals surface area (Å²) in [4.78, 5) is 25.9. The molecule has 0 unspecified atom stereocenters. The zero-order valence-electron chi connectivity index (χ0n) is 18.0. The van der Waals surface area contributed by atoms with Crippen LogP contribution < -0.4 is 5.32 Å². The lowest BCUT2D eigenvalue weighted by atomic mass is 9.98. The number of hydrogen-bond acceptors (Lipinski definition) is 5. The summed E-state index contributed by atoms with van der Waals surface area (Å²) in [5.41, 5.74) is 3.25. The average Bonchev–Trinajstić information content (AvgIpc) is 2.71. The van der Waals surface area contributed by atoms with Crippen molar-refractivity contribution < 1.29 is 22.7 Å². The summed E-state index contributed by atoms with van der Waals surface area (Å²) in [5.74, 6) is -1.37. The van der Waals surface area contributed by atoms with Gasteiger partial charge in [0.1, 0.15) is 0 Å². The fraction of sp³-hybridized carbons (Fsp3) is 0.391. The molecule has 1 aliphatic rings.